The van der Waals surface area contributed by atoms with Gasteiger partial charge in [-0.25, -0.2) is 4.98 Å². The van der Waals surface area contributed by atoms with Gasteiger partial charge in [-0.1, -0.05) is 60.7 Å². The highest BCUT2D eigenvalue weighted by atomic mass is 35.5. The second-order valence-corrected chi connectivity index (χ2v) is 9.27. The van der Waals surface area contributed by atoms with Gasteiger partial charge >= 0.3 is 6.18 Å². The van der Waals surface area contributed by atoms with Crippen molar-refractivity contribution >= 4 is 57.2 Å². The van der Waals surface area contributed by atoms with E-state index in [1.54, 1.807) is 0 Å². The molecule has 0 aliphatic heterocycles. The fourth-order valence-electron chi connectivity index (χ4n) is 2.37. The van der Waals surface area contributed by atoms with Crippen molar-refractivity contribution < 1.29 is 18.0 Å². The van der Waals surface area contributed by atoms with Crippen molar-refractivity contribution in [2.75, 3.05) is 16.4 Å². The van der Waals surface area contributed by atoms with Gasteiger partial charge in [-0.2, -0.15) is 13.2 Å². The summed E-state index contributed by atoms with van der Waals surface area (Å²) in [5.74, 6) is -0.202. The summed E-state index contributed by atoms with van der Waals surface area (Å²) in [5, 5.41) is 13.9. The lowest BCUT2D eigenvalue weighted by atomic mass is 10.0. The van der Waals surface area contributed by atoms with Crippen LogP contribution in [0.1, 0.15) is 30.9 Å². The summed E-state index contributed by atoms with van der Waals surface area (Å²) < 4.78 is 38.5. The van der Waals surface area contributed by atoms with E-state index >= 15 is 0 Å². The quantitative estimate of drug-likeness (QED) is 0.386. The highest BCUT2D eigenvalue weighted by Gasteiger charge is 2.31. The number of hydrogen-bond acceptors (Lipinski definition) is 7. The first kappa shape index (κ1) is 23.3. The number of alkyl halides is 3. The van der Waals surface area contributed by atoms with Crippen LogP contribution in [0.3, 0.4) is 0 Å². The van der Waals surface area contributed by atoms with Gasteiger partial charge in [0.25, 0.3) is 0 Å². The molecule has 1 amide bonds. The van der Waals surface area contributed by atoms with Crippen LogP contribution in [0.25, 0.3) is 0 Å². The van der Waals surface area contributed by atoms with Crippen molar-refractivity contribution in [2.24, 2.45) is 0 Å². The van der Waals surface area contributed by atoms with Crippen LogP contribution < -0.4 is 10.6 Å². The van der Waals surface area contributed by atoms with E-state index in [-0.39, 0.29) is 16.6 Å². The second kappa shape index (κ2) is 9.84. The van der Waals surface area contributed by atoms with E-state index in [1.807, 2.05) is 24.3 Å². The molecule has 0 bridgehead atoms. The average Bonchev–Trinajstić information content (AvgIpc) is 3.15. The molecule has 0 saturated heterocycles. The van der Waals surface area contributed by atoms with E-state index in [0.717, 1.165) is 17.4 Å². The Labute approximate surface area is 189 Å². The second-order valence-electron chi connectivity index (χ2n) is 6.66. The largest absolute Gasteiger partial charge is 0.417 e. The van der Waals surface area contributed by atoms with Crippen molar-refractivity contribution in [3.05, 3.63) is 52.7 Å². The molecule has 0 fully saturated rings. The van der Waals surface area contributed by atoms with Crippen molar-refractivity contribution in [1.29, 1.82) is 0 Å². The molecule has 1 aromatic carbocycles. The molecule has 164 valence electrons. The predicted octanol–water partition coefficient (Wildman–Crippen LogP) is 6.20. The Morgan fingerprint density at radius 2 is 1.94 bits per heavy atom. The third-order valence-corrected chi connectivity index (χ3v) is 6.25. The lowest BCUT2D eigenvalue weighted by Crippen LogP contribution is -2.16. The number of carbonyl (C=O) groups is 1. The lowest BCUT2D eigenvalue weighted by Gasteiger charge is -2.09. The summed E-state index contributed by atoms with van der Waals surface area (Å²) in [7, 11) is 0. The van der Waals surface area contributed by atoms with Gasteiger partial charge in [0.05, 0.1) is 16.3 Å². The third kappa shape index (κ3) is 6.55. The van der Waals surface area contributed by atoms with Gasteiger partial charge in [-0.05, 0) is 29.7 Å². The van der Waals surface area contributed by atoms with Crippen molar-refractivity contribution in [3.8, 4) is 0 Å². The molecular formula is C19H17ClF3N5OS2. The van der Waals surface area contributed by atoms with Gasteiger partial charge in [0.2, 0.25) is 11.0 Å². The smallest absolute Gasteiger partial charge is 0.330 e. The molecule has 2 N–H and O–H groups in total. The van der Waals surface area contributed by atoms with Gasteiger partial charge < -0.3 is 10.6 Å². The monoisotopic (exact) mass is 487 g/mol. The fraction of sp³-hybridized carbons (Fsp3) is 0.263. The van der Waals surface area contributed by atoms with Crippen LogP contribution in [0, 0.1) is 0 Å². The molecule has 12 heteroatoms. The predicted molar refractivity (Wildman–Crippen MR) is 117 cm³/mol. The highest BCUT2D eigenvalue weighted by molar-refractivity contribution is 8.01. The van der Waals surface area contributed by atoms with Crippen molar-refractivity contribution in [3.63, 3.8) is 0 Å². The minimum Gasteiger partial charge on any atom is -0.330 e. The number of anilines is 3. The molecule has 0 aliphatic carbocycles. The molecule has 3 aromatic rings. The van der Waals surface area contributed by atoms with Gasteiger partial charge in [0.1, 0.15) is 0 Å². The van der Waals surface area contributed by atoms with E-state index in [1.165, 1.54) is 16.9 Å². The van der Waals surface area contributed by atoms with E-state index in [4.69, 9.17) is 11.6 Å². The molecule has 31 heavy (non-hydrogen) atoms. The first-order valence-electron chi connectivity index (χ1n) is 8.97. The van der Waals surface area contributed by atoms with Crippen LogP contribution in [0.4, 0.5) is 29.8 Å². The number of pyridine rings is 1. The molecular weight excluding hydrogens is 471 g/mol. The number of nitrogens with zero attached hydrogens (tertiary/aromatic N) is 3. The standard InChI is InChI=1S/C19H17ClF3N5OS2/c1-10(2)11-3-5-13(6-4-11)25-17-27-28-18(31-17)30-9-15(29)26-16-14(20)7-12(8-24-16)19(21,22)23/h3-8,10H,9H2,1-2H3,(H,25,27)(H,24,26,29). The zero-order chi connectivity index (χ0) is 22.6. The van der Waals surface area contributed by atoms with Crippen LogP contribution in [0.2, 0.25) is 5.02 Å². The summed E-state index contributed by atoms with van der Waals surface area (Å²) in [6, 6.07) is 8.70. The van der Waals surface area contributed by atoms with Crippen LogP contribution >= 0.6 is 34.7 Å². The van der Waals surface area contributed by atoms with Gasteiger partial charge in [-0.15, -0.1) is 10.2 Å². The highest BCUT2D eigenvalue weighted by Crippen LogP contribution is 2.33. The molecule has 3 rings (SSSR count). The van der Waals surface area contributed by atoms with Crippen molar-refractivity contribution in [2.45, 2.75) is 30.3 Å². The van der Waals surface area contributed by atoms with E-state index in [9.17, 15) is 18.0 Å². The maximum atomic E-state index is 12.7. The number of benzene rings is 1. The minimum atomic E-state index is -4.56. The first-order valence-corrected chi connectivity index (χ1v) is 11.2. The topological polar surface area (TPSA) is 79.8 Å². The number of carbonyl (C=O) groups excluding carboxylic acids is 1. The van der Waals surface area contributed by atoms with Crippen LogP contribution in [0.15, 0.2) is 40.9 Å². The Morgan fingerprint density at radius 3 is 2.55 bits per heavy atom. The number of thioether (sulfide) groups is 1. The normalized spacial score (nSPS) is 11.6. The summed E-state index contributed by atoms with van der Waals surface area (Å²) in [4.78, 5) is 15.7. The number of aromatic nitrogens is 3. The van der Waals surface area contributed by atoms with E-state index in [2.05, 4.69) is 39.7 Å². The molecule has 0 atom stereocenters. The van der Waals surface area contributed by atoms with E-state index < -0.39 is 17.6 Å². The maximum Gasteiger partial charge on any atom is 0.417 e. The number of hydrogen-bond donors (Lipinski definition) is 2. The maximum absolute atomic E-state index is 12.7. The van der Waals surface area contributed by atoms with Gasteiger partial charge in [-0.3, -0.25) is 4.79 Å². The van der Waals surface area contributed by atoms with Gasteiger partial charge in [0.15, 0.2) is 10.2 Å². The van der Waals surface area contributed by atoms with Crippen LogP contribution in [-0.4, -0.2) is 26.8 Å². The Hall–Kier alpha value is -2.37. The average molecular weight is 488 g/mol. The SMILES string of the molecule is CC(C)c1ccc(Nc2nnc(SCC(=O)Nc3ncc(C(F)(F)F)cc3Cl)s2)cc1. The molecule has 6 nitrogen and oxygen atoms in total. The Kier molecular flexibility index (Phi) is 7.39. The van der Waals surface area contributed by atoms with E-state index in [0.29, 0.717) is 27.7 Å². The summed E-state index contributed by atoms with van der Waals surface area (Å²) in [5.41, 5.74) is 1.11. The Bertz CT molecular complexity index is 1060. The van der Waals surface area contributed by atoms with Crippen LogP contribution in [0.5, 0.6) is 0 Å². The Balaban J connectivity index is 1.53. The zero-order valence-corrected chi connectivity index (χ0v) is 18.7. The summed E-state index contributed by atoms with van der Waals surface area (Å²) in [6.07, 6.45) is -3.94. The molecule has 2 aromatic heterocycles. The number of halogens is 4. The third-order valence-electron chi connectivity index (χ3n) is 3.99. The molecule has 0 radical (unpaired) electrons. The summed E-state index contributed by atoms with van der Waals surface area (Å²) >= 11 is 8.21. The molecule has 2 heterocycles. The number of nitrogens with one attached hydrogen (secondary N) is 2. The summed E-state index contributed by atoms with van der Waals surface area (Å²) in [6.45, 7) is 4.24. The van der Waals surface area contributed by atoms with Gasteiger partial charge in [0, 0.05) is 11.9 Å². The molecule has 0 saturated carbocycles. The fourth-order valence-corrected chi connectivity index (χ4v) is 4.16. The zero-order valence-electron chi connectivity index (χ0n) is 16.3. The molecule has 0 unspecified atom stereocenters. The Morgan fingerprint density at radius 1 is 1.23 bits per heavy atom. The van der Waals surface area contributed by atoms with Crippen molar-refractivity contribution in [1.82, 2.24) is 15.2 Å². The minimum absolute atomic E-state index is 0.0310. The number of rotatable bonds is 7. The lowest BCUT2D eigenvalue weighted by molar-refractivity contribution is -0.137. The molecule has 0 aliphatic rings. The van der Waals surface area contributed by atoms with Crippen LogP contribution in [-0.2, 0) is 11.0 Å². The number of amides is 1. The molecule has 0 spiro atoms. The first-order chi connectivity index (χ1) is 14.6.